The molecule has 0 aromatic heterocycles. The molecule has 0 heterocycles. The number of aliphatic hydroxyl groups excluding tert-OH is 1. The van der Waals surface area contributed by atoms with Crippen LogP contribution in [0, 0.1) is 17.2 Å². The first-order chi connectivity index (χ1) is 6.77. The first kappa shape index (κ1) is 11.9. The van der Waals surface area contributed by atoms with Crippen molar-refractivity contribution in [1.29, 1.82) is 5.26 Å². The lowest BCUT2D eigenvalue weighted by molar-refractivity contribution is 0.299. The molecule has 0 aromatic rings. The van der Waals surface area contributed by atoms with Crippen LogP contribution < -0.4 is 0 Å². The van der Waals surface area contributed by atoms with Crippen molar-refractivity contribution in [2.75, 3.05) is 6.61 Å². The molecule has 0 aromatic carbocycles. The van der Waals surface area contributed by atoms with Crippen LogP contribution in [-0.2, 0) is 0 Å². The maximum Gasteiger partial charge on any atom is 0.0667 e. The summed E-state index contributed by atoms with van der Waals surface area (Å²) in [6.07, 6.45) is 5.90. The highest BCUT2D eigenvalue weighted by molar-refractivity contribution is 8.00. The molecule has 0 radical (unpaired) electrons. The third-order valence-corrected chi connectivity index (χ3v) is 4.31. The van der Waals surface area contributed by atoms with Crippen LogP contribution in [0.4, 0.5) is 0 Å². The molecule has 1 N–H and O–H groups in total. The number of hydrogen-bond donors (Lipinski definition) is 1. The lowest BCUT2D eigenvalue weighted by atomic mass is 10.0. The zero-order chi connectivity index (χ0) is 10.4. The molecule has 0 aliphatic heterocycles. The van der Waals surface area contributed by atoms with E-state index in [1.807, 2.05) is 6.92 Å². The molecule has 1 fully saturated rings. The molecule has 1 saturated carbocycles. The topological polar surface area (TPSA) is 44.0 Å². The smallest absolute Gasteiger partial charge is 0.0667 e. The molecule has 0 saturated heterocycles. The van der Waals surface area contributed by atoms with Crippen molar-refractivity contribution in [2.45, 2.75) is 49.5 Å². The van der Waals surface area contributed by atoms with Gasteiger partial charge < -0.3 is 5.11 Å². The Kier molecular flexibility index (Phi) is 5.36. The van der Waals surface area contributed by atoms with Gasteiger partial charge in [-0.25, -0.2) is 0 Å². The Hall–Kier alpha value is -0.200. The van der Waals surface area contributed by atoms with E-state index in [4.69, 9.17) is 10.4 Å². The van der Waals surface area contributed by atoms with Gasteiger partial charge in [-0.15, -0.1) is 0 Å². The van der Waals surface area contributed by atoms with E-state index in [0.717, 1.165) is 12.8 Å². The van der Waals surface area contributed by atoms with Gasteiger partial charge in [-0.3, -0.25) is 0 Å². The molecule has 3 atom stereocenters. The van der Waals surface area contributed by atoms with E-state index < -0.39 is 0 Å². The standard InChI is InChI=1S/C11H19NOS/c1-9(8-13)14-11-6-4-2-3-5-10(11)7-12/h9-11,13H,2-6,8H2,1H3. The van der Waals surface area contributed by atoms with E-state index in [1.165, 1.54) is 19.3 Å². The first-order valence-electron chi connectivity index (χ1n) is 5.44. The summed E-state index contributed by atoms with van der Waals surface area (Å²) in [6.45, 7) is 2.25. The van der Waals surface area contributed by atoms with Crippen molar-refractivity contribution in [3.05, 3.63) is 0 Å². The second kappa shape index (κ2) is 6.31. The average molecular weight is 213 g/mol. The molecule has 0 bridgehead atoms. The van der Waals surface area contributed by atoms with Gasteiger partial charge in [-0.1, -0.05) is 26.2 Å². The van der Waals surface area contributed by atoms with Gasteiger partial charge >= 0.3 is 0 Å². The van der Waals surface area contributed by atoms with Crippen LogP contribution in [0.2, 0.25) is 0 Å². The first-order valence-corrected chi connectivity index (χ1v) is 6.38. The minimum absolute atomic E-state index is 0.205. The van der Waals surface area contributed by atoms with E-state index in [-0.39, 0.29) is 17.8 Å². The lowest BCUT2D eigenvalue weighted by Crippen LogP contribution is -2.18. The number of nitrogens with zero attached hydrogens (tertiary/aromatic N) is 1. The fraction of sp³-hybridized carbons (Fsp3) is 0.909. The van der Waals surface area contributed by atoms with Crippen molar-refractivity contribution in [2.24, 2.45) is 5.92 Å². The second-order valence-electron chi connectivity index (χ2n) is 4.04. The molecule has 0 amide bonds. The van der Waals surface area contributed by atoms with Gasteiger partial charge in [-0.2, -0.15) is 17.0 Å². The zero-order valence-electron chi connectivity index (χ0n) is 8.78. The van der Waals surface area contributed by atoms with Crippen molar-refractivity contribution >= 4 is 11.8 Å². The quantitative estimate of drug-likeness (QED) is 0.733. The highest BCUT2D eigenvalue weighted by Crippen LogP contribution is 2.33. The van der Waals surface area contributed by atoms with Crippen molar-refractivity contribution in [3.8, 4) is 6.07 Å². The highest BCUT2D eigenvalue weighted by atomic mass is 32.2. The summed E-state index contributed by atoms with van der Waals surface area (Å²) in [6, 6.07) is 2.42. The van der Waals surface area contributed by atoms with Crippen LogP contribution in [0.15, 0.2) is 0 Å². The lowest BCUT2D eigenvalue weighted by Gasteiger charge is -2.21. The number of thioether (sulfide) groups is 1. The number of rotatable bonds is 3. The second-order valence-corrected chi connectivity index (χ2v) is 5.72. The zero-order valence-corrected chi connectivity index (χ0v) is 9.59. The summed E-state index contributed by atoms with van der Waals surface area (Å²) < 4.78 is 0. The van der Waals surface area contributed by atoms with Crippen LogP contribution >= 0.6 is 11.8 Å². The SMILES string of the molecule is CC(CO)SC1CCCCCC1C#N. The minimum Gasteiger partial charge on any atom is -0.395 e. The normalized spacial score (nSPS) is 30.4. The number of hydrogen-bond acceptors (Lipinski definition) is 3. The van der Waals surface area contributed by atoms with Crippen molar-refractivity contribution in [1.82, 2.24) is 0 Å². The summed E-state index contributed by atoms with van der Waals surface area (Å²) in [5.74, 6) is 0.205. The van der Waals surface area contributed by atoms with E-state index in [9.17, 15) is 0 Å². The van der Waals surface area contributed by atoms with Crippen LogP contribution in [0.25, 0.3) is 0 Å². The molecule has 14 heavy (non-hydrogen) atoms. The maximum atomic E-state index is 9.05. The molecule has 1 aliphatic carbocycles. The van der Waals surface area contributed by atoms with Gasteiger partial charge in [0.15, 0.2) is 0 Å². The monoisotopic (exact) mass is 213 g/mol. The Morgan fingerprint density at radius 2 is 2.14 bits per heavy atom. The fourth-order valence-corrected chi connectivity index (χ4v) is 3.30. The van der Waals surface area contributed by atoms with Crippen molar-refractivity contribution in [3.63, 3.8) is 0 Å². The maximum absolute atomic E-state index is 9.05. The molecule has 2 nitrogen and oxygen atoms in total. The van der Waals surface area contributed by atoms with Crippen LogP contribution in [0.1, 0.15) is 39.0 Å². The highest BCUT2D eigenvalue weighted by Gasteiger charge is 2.25. The molecule has 3 heteroatoms. The minimum atomic E-state index is 0.205. The van der Waals surface area contributed by atoms with Gasteiger partial charge in [0.2, 0.25) is 0 Å². The summed E-state index contributed by atoms with van der Waals surface area (Å²) in [7, 11) is 0. The van der Waals surface area contributed by atoms with Gasteiger partial charge in [0, 0.05) is 10.5 Å². The summed E-state index contributed by atoms with van der Waals surface area (Å²) in [4.78, 5) is 0. The Labute approximate surface area is 90.7 Å². The van der Waals surface area contributed by atoms with Gasteiger partial charge in [-0.05, 0) is 12.8 Å². The molecule has 80 valence electrons. The average Bonchev–Trinajstić information content (AvgIpc) is 2.42. The largest absolute Gasteiger partial charge is 0.395 e. The Morgan fingerprint density at radius 1 is 1.43 bits per heavy atom. The molecule has 0 spiro atoms. The fourth-order valence-electron chi connectivity index (χ4n) is 1.93. The Morgan fingerprint density at radius 3 is 2.79 bits per heavy atom. The van der Waals surface area contributed by atoms with Crippen molar-refractivity contribution < 1.29 is 5.11 Å². The number of aliphatic hydroxyl groups is 1. The summed E-state index contributed by atoms with van der Waals surface area (Å²) >= 11 is 1.79. The molecule has 1 aliphatic rings. The molecule has 3 unspecified atom stereocenters. The van der Waals surface area contributed by atoms with E-state index in [0.29, 0.717) is 5.25 Å². The summed E-state index contributed by atoms with van der Waals surface area (Å²) in [5.41, 5.74) is 0. The Balaban J connectivity index is 2.49. The van der Waals surface area contributed by atoms with E-state index in [1.54, 1.807) is 11.8 Å². The Bertz CT molecular complexity index is 202. The van der Waals surface area contributed by atoms with Crippen LogP contribution in [0.5, 0.6) is 0 Å². The molecule has 1 rings (SSSR count). The van der Waals surface area contributed by atoms with Gasteiger partial charge in [0.1, 0.15) is 0 Å². The third-order valence-electron chi connectivity index (χ3n) is 2.78. The predicted molar refractivity (Wildman–Crippen MR) is 60.1 cm³/mol. The molecular formula is C11H19NOS. The van der Waals surface area contributed by atoms with E-state index >= 15 is 0 Å². The van der Waals surface area contributed by atoms with Crippen LogP contribution in [0.3, 0.4) is 0 Å². The summed E-state index contributed by atoms with van der Waals surface area (Å²) in [5, 5.41) is 18.8. The molecular weight excluding hydrogens is 194 g/mol. The van der Waals surface area contributed by atoms with Crippen LogP contribution in [-0.4, -0.2) is 22.2 Å². The van der Waals surface area contributed by atoms with E-state index in [2.05, 4.69) is 6.07 Å². The number of nitriles is 1. The third kappa shape index (κ3) is 3.51. The van der Waals surface area contributed by atoms with Gasteiger partial charge in [0.25, 0.3) is 0 Å². The predicted octanol–water partition coefficient (Wildman–Crippen LogP) is 2.57. The van der Waals surface area contributed by atoms with Gasteiger partial charge in [0.05, 0.1) is 18.6 Å².